The molecule has 0 spiro atoms. The van der Waals surface area contributed by atoms with Crippen molar-refractivity contribution in [3.8, 4) is 28.8 Å². The van der Waals surface area contributed by atoms with E-state index in [0.717, 1.165) is 27.7 Å². The third-order valence-electron chi connectivity index (χ3n) is 3.40. The highest BCUT2D eigenvalue weighted by Crippen LogP contribution is 2.29. The minimum absolute atomic E-state index is 0.467. The first-order chi connectivity index (χ1) is 10.8. The topological polar surface area (TPSA) is 65.5 Å². The lowest BCUT2D eigenvalue weighted by Gasteiger charge is -1.99. The smallest absolute Gasteiger partial charge is 0.266 e. The molecule has 0 atom stereocenters. The van der Waals surface area contributed by atoms with Gasteiger partial charge in [-0.3, -0.25) is 4.40 Å². The van der Waals surface area contributed by atoms with Crippen molar-refractivity contribution in [2.75, 3.05) is 7.11 Å². The summed E-state index contributed by atoms with van der Waals surface area (Å²) < 4.78 is 12.9. The van der Waals surface area contributed by atoms with E-state index in [1.807, 2.05) is 47.2 Å². The van der Waals surface area contributed by atoms with Crippen molar-refractivity contribution in [2.45, 2.75) is 6.92 Å². The van der Waals surface area contributed by atoms with Crippen molar-refractivity contribution in [2.24, 2.45) is 0 Å². The van der Waals surface area contributed by atoms with Crippen molar-refractivity contribution in [1.82, 2.24) is 19.6 Å². The van der Waals surface area contributed by atoms with Crippen LogP contribution in [-0.4, -0.2) is 26.7 Å². The number of nitrogens with zero attached hydrogens (tertiary/aromatic N) is 4. The number of hydrogen-bond acceptors (Lipinski definition) is 6. The summed E-state index contributed by atoms with van der Waals surface area (Å²) in [4.78, 5) is 5.40. The highest BCUT2D eigenvalue weighted by molar-refractivity contribution is 7.15. The normalized spacial score (nSPS) is 11.2. The lowest BCUT2D eigenvalue weighted by atomic mass is 10.2. The van der Waals surface area contributed by atoms with E-state index in [1.165, 1.54) is 0 Å². The Morgan fingerprint density at radius 3 is 2.68 bits per heavy atom. The molecule has 0 aliphatic heterocycles. The lowest BCUT2D eigenvalue weighted by molar-refractivity contribution is 0.415. The molecule has 0 fully saturated rings. The van der Waals surface area contributed by atoms with Gasteiger partial charge in [0.15, 0.2) is 4.96 Å². The Morgan fingerprint density at radius 1 is 1.14 bits per heavy atom. The zero-order valence-electron chi connectivity index (χ0n) is 12.0. The molecule has 0 bridgehead atoms. The average molecular weight is 312 g/mol. The van der Waals surface area contributed by atoms with Crippen LogP contribution in [-0.2, 0) is 0 Å². The summed E-state index contributed by atoms with van der Waals surface area (Å²) in [5.74, 6) is 1.73. The fraction of sp³-hybridized carbons (Fsp3) is 0.133. The molecule has 22 heavy (non-hydrogen) atoms. The van der Waals surface area contributed by atoms with Gasteiger partial charge in [-0.25, -0.2) is 4.98 Å². The van der Waals surface area contributed by atoms with Gasteiger partial charge in [-0.1, -0.05) is 0 Å². The molecule has 1 aromatic carbocycles. The van der Waals surface area contributed by atoms with Crippen LogP contribution < -0.4 is 4.74 Å². The minimum atomic E-state index is 0.467. The van der Waals surface area contributed by atoms with Gasteiger partial charge in [-0.05, 0) is 31.2 Å². The molecule has 3 aromatic heterocycles. The molecule has 7 heteroatoms. The van der Waals surface area contributed by atoms with Crippen LogP contribution in [0.3, 0.4) is 0 Å². The van der Waals surface area contributed by atoms with E-state index < -0.39 is 0 Å². The van der Waals surface area contributed by atoms with Crippen molar-refractivity contribution in [1.29, 1.82) is 0 Å². The van der Waals surface area contributed by atoms with Gasteiger partial charge in [0.2, 0.25) is 5.89 Å². The first kappa shape index (κ1) is 13.0. The number of ether oxygens (including phenoxy) is 1. The van der Waals surface area contributed by atoms with Gasteiger partial charge in [0, 0.05) is 17.1 Å². The monoisotopic (exact) mass is 312 g/mol. The molecule has 0 N–H and O–H groups in total. The van der Waals surface area contributed by atoms with Gasteiger partial charge in [0.25, 0.3) is 5.89 Å². The fourth-order valence-electron chi connectivity index (χ4n) is 2.32. The SMILES string of the molecule is COc1ccc(-c2nnc(-c3c(C)nc4sccn34)o2)cc1. The molecule has 0 saturated carbocycles. The summed E-state index contributed by atoms with van der Waals surface area (Å²) >= 11 is 1.57. The Hall–Kier alpha value is -2.67. The maximum atomic E-state index is 5.83. The standard InChI is InChI=1S/C15H12N4O2S/c1-9-12(19-7-8-22-15(19)16-9)14-18-17-13(21-14)10-3-5-11(20-2)6-4-10/h3-8H,1-2H3. The highest BCUT2D eigenvalue weighted by atomic mass is 32.1. The van der Waals surface area contributed by atoms with Crippen LogP contribution in [0.5, 0.6) is 5.75 Å². The first-order valence-corrected chi connectivity index (χ1v) is 7.54. The number of imidazole rings is 1. The van der Waals surface area contributed by atoms with E-state index in [2.05, 4.69) is 15.2 Å². The molecule has 0 saturated heterocycles. The zero-order valence-corrected chi connectivity index (χ0v) is 12.8. The third kappa shape index (κ3) is 1.98. The Kier molecular flexibility index (Phi) is 2.93. The molecule has 0 unspecified atom stereocenters. The van der Waals surface area contributed by atoms with Crippen molar-refractivity contribution >= 4 is 16.3 Å². The van der Waals surface area contributed by atoms with Crippen LogP contribution >= 0.6 is 11.3 Å². The second kappa shape index (κ2) is 4.96. The van der Waals surface area contributed by atoms with Crippen molar-refractivity contribution < 1.29 is 9.15 Å². The highest BCUT2D eigenvalue weighted by Gasteiger charge is 2.18. The Labute approximate surface area is 130 Å². The number of rotatable bonds is 3. The summed E-state index contributed by atoms with van der Waals surface area (Å²) in [7, 11) is 1.63. The first-order valence-electron chi connectivity index (χ1n) is 6.66. The maximum absolute atomic E-state index is 5.83. The molecule has 0 aliphatic carbocycles. The predicted octanol–water partition coefficient (Wildman–Crippen LogP) is 3.43. The van der Waals surface area contributed by atoms with E-state index >= 15 is 0 Å². The zero-order chi connectivity index (χ0) is 15.1. The maximum Gasteiger partial charge on any atom is 0.266 e. The van der Waals surface area contributed by atoms with E-state index in [0.29, 0.717) is 11.8 Å². The average Bonchev–Trinajstić information content (AvgIpc) is 3.23. The van der Waals surface area contributed by atoms with Crippen molar-refractivity contribution in [3.63, 3.8) is 0 Å². The molecule has 4 rings (SSSR count). The van der Waals surface area contributed by atoms with Gasteiger partial charge < -0.3 is 9.15 Å². The molecule has 3 heterocycles. The molecule has 6 nitrogen and oxygen atoms in total. The molecular formula is C15H12N4O2S. The quantitative estimate of drug-likeness (QED) is 0.580. The second-order valence-corrected chi connectivity index (χ2v) is 5.62. The van der Waals surface area contributed by atoms with Crippen LogP contribution in [0.4, 0.5) is 0 Å². The van der Waals surface area contributed by atoms with E-state index in [4.69, 9.17) is 9.15 Å². The minimum Gasteiger partial charge on any atom is -0.497 e. The summed E-state index contributed by atoms with van der Waals surface area (Å²) in [6.45, 7) is 1.94. The largest absolute Gasteiger partial charge is 0.497 e. The van der Waals surface area contributed by atoms with Crippen LogP contribution in [0.1, 0.15) is 5.69 Å². The van der Waals surface area contributed by atoms with E-state index in [1.54, 1.807) is 18.4 Å². The number of methoxy groups -OCH3 is 1. The lowest BCUT2D eigenvalue weighted by Crippen LogP contribution is -1.86. The number of benzene rings is 1. The van der Waals surface area contributed by atoms with Gasteiger partial charge in [-0.15, -0.1) is 21.5 Å². The van der Waals surface area contributed by atoms with Crippen LogP contribution in [0.2, 0.25) is 0 Å². The van der Waals surface area contributed by atoms with Crippen LogP contribution in [0.25, 0.3) is 28.0 Å². The second-order valence-electron chi connectivity index (χ2n) is 4.74. The van der Waals surface area contributed by atoms with Gasteiger partial charge >= 0.3 is 0 Å². The number of thiazole rings is 1. The Morgan fingerprint density at radius 2 is 1.91 bits per heavy atom. The molecule has 110 valence electrons. The number of hydrogen-bond donors (Lipinski definition) is 0. The summed E-state index contributed by atoms with van der Waals surface area (Å²) in [5.41, 5.74) is 2.56. The van der Waals surface area contributed by atoms with Crippen LogP contribution in [0.15, 0.2) is 40.3 Å². The predicted molar refractivity (Wildman–Crippen MR) is 83.1 cm³/mol. The molecular weight excluding hydrogens is 300 g/mol. The summed E-state index contributed by atoms with van der Waals surface area (Å²) in [6, 6.07) is 7.50. The number of aromatic nitrogens is 4. The van der Waals surface area contributed by atoms with Crippen LogP contribution in [0, 0.1) is 6.92 Å². The third-order valence-corrected chi connectivity index (χ3v) is 4.16. The molecule has 0 radical (unpaired) electrons. The summed E-state index contributed by atoms with van der Waals surface area (Å²) in [6.07, 6.45) is 1.95. The number of fused-ring (bicyclic) bond motifs is 1. The molecule has 0 amide bonds. The Bertz CT molecular complexity index is 936. The Balaban J connectivity index is 1.77. The van der Waals surface area contributed by atoms with Gasteiger partial charge in [-0.2, -0.15) is 0 Å². The van der Waals surface area contributed by atoms with Gasteiger partial charge in [0.1, 0.15) is 11.4 Å². The van der Waals surface area contributed by atoms with E-state index in [-0.39, 0.29) is 0 Å². The molecule has 4 aromatic rings. The van der Waals surface area contributed by atoms with E-state index in [9.17, 15) is 0 Å². The van der Waals surface area contributed by atoms with Crippen molar-refractivity contribution in [3.05, 3.63) is 41.5 Å². The van der Waals surface area contributed by atoms with Gasteiger partial charge in [0.05, 0.1) is 12.8 Å². The summed E-state index contributed by atoms with van der Waals surface area (Å²) in [5, 5.41) is 10.3. The molecule has 0 aliphatic rings. The fourth-order valence-corrected chi connectivity index (χ4v) is 3.08. The number of aryl methyl sites for hydroxylation is 1.